The van der Waals surface area contributed by atoms with E-state index in [4.69, 9.17) is 0 Å². The van der Waals surface area contributed by atoms with Crippen molar-refractivity contribution in [3.63, 3.8) is 0 Å². The molecule has 1 rings (SSSR count). The van der Waals surface area contributed by atoms with Crippen LogP contribution in [0.2, 0.25) is 0 Å². The van der Waals surface area contributed by atoms with Gasteiger partial charge in [0.25, 0.3) is 0 Å². The second-order valence-electron chi connectivity index (χ2n) is 2.34. The molecule has 0 aromatic rings. The summed E-state index contributed by atoms with van der Waals surface area (Å²) in [5, 5.41) is 0. The Balaban J connectivity index is 0. The minimum atomic E-state index is 0. The minimum Gasteiger partial charge on any atom is -0.388 e. The van der Waals surface area contributed by atoms with Crippen LogP contribution < -0.4 is 0 Å². The molecule has 0 heterocycles. The van der Waals surface area contributed by atoms with Crippen molar-refractivity contribution in [3.05, 3.63) is 23.8 Å². The first-order valence-electron chi connectivity index (χ1n) is 4.53. The van der Waals surface area contributed by atoms with Gasteiger partial charge in [-0.15, -0.1) is 19.8 Å². The SMILES string of the molecule is CC.C[C-]=CC1=[C-]CCCC1.[Y]. The van der Waals surface area contributed by atoms with Gasteiger partial charge >= 0.3 is 0 Å². The summed E-state index contributed by atoms with van der Waals surface area (Å²) in [6.45, 7) is 5.93. The molecule has 0 bridgehead atoms. The molecular weight excluding hydrogens is 221 g/mol. The summed E-state index contributed by atoms with van der Waals surface area (Å²) < 4.78 is 0. The topological polar surface area (TPSA) is 0 Å². The second-order valence-corrected chi connectivity index (χ2v) is 2.34. The Morgan fingerprint density at radius 3 is 2.42 bits per heavy atom. The fraction of sp³-hybridized carbons (Fsp3) is 0.636. The first-order chi connectivity index (χ1) is 5.43. The van der Waals surface area contributed by atoms with E-state index in [1.165, 1.54) is 24.8 Å². The Kier molecular flexibility index (Phi) is 14.6. The Morgan fingerprint density at radius 1 is 1.33 bits per heavy atom. The molecule has 0 saturated heterocycles. The van der Waals surface area contributed by atoms with E-state index >= 15 is 0 Å². The van der Waals surface area contributed by atoms with Gasteiger partial charge in [-0.1, -0.05) is 26.7 Å². The third kappa shape index (κ3) is 7.24. The van der Waals surface area contributed by atoms with Gasteiger partial charge in [-0.05, 0) is 0 Å². The van der Waals surface area contributed by atoms with E-state index in [0.29, 0.717) is 0 Å². The van der Waals surface area contributed by atoms with Crippen LogP contribution in [0, 0.1) is 12.2 Å². The summed E-state index contributed by atoms with van der Waals surface area (Å²) in [7, 11) is 0. The van der Waals surface area contributed by atoms with E-state index in [1.54, 1.807) is 0 Å². The molecule has 0 spiro atoms. The molecule has 12 heavy (non-hydrogen) atoms. The van der Waals surface area contributed by atoms with Crippen molar-refractivity contribution in [3.8, 4) is 0 Å². The second kappa shape index (κ2) is 11.6. The van der Waals surface area contributed by atoms with Crippen LogP contribution >= 0.6 is 0 Å². The maximum atomic E-state index is 3.32. The Hall–Kier alpha value is 0.584. The van der Waals surface area contributed by atoms with Crippen LogP contribution in [0.4, 0.5) is 0 Å². The summed E-state index contributed by atoms with van der Waals surface area (Å²) in [5.41, 5.74) is 1.35. The Morgan fingerprint density at radius 2 is 2.00 bits per heavy atom. The van der Waals surface area contributed by atoms with E-state index < -0.39 is 0 Å². The predicted octanol–water partition coefficient (Wildman–Crippen LogP) is 3.69. The molecular formula is C11H18Y-2. The van der Waals surface area contributed by atoms with E-state index in [9.17, 15) is 0 Å². The van der Waals surface area contributed by atoms with Crippen molar-refractivity contribution >= 4 is 0 Å². The zero-order valence-corrected chi connectivity index (χ0v) is 11.3. The zero-order valence-electron chi connectivity index (χ0n) is 8.48. The molecule has 0 saturated carbocycles. The summed E-state index contributed by atoms with van der Waals surface area (Å²) in [6, 6.07) is 0. The molecule has 0 unspecified atom stereocenters. The Labute approximate surface area is 102 Å². The average molecular weight is 239 g/mol. The third-order valence-electron chi connectivity index (χ3n) is 1.54. The quantitative estimate of drug-likeness (QED) is 0.612. The van der Waals surface area contributed by atoms with Crippen molar-refractivity contribution in [1.82, 2.24) is 0 Å². The fourth-order valence-corrected chi connectivity index (χ4v) is 1.08. The van der Waals surface area contributed by atoms with Crippen molar-refractivity contribution in [1.29, 1.82) is 0 Å². The first kappa shape index (κ1) is 15.1. The minimum absolute atomic E-state index is 0. The molecule has 1 aliphatic rings. The van der Waals surface area contributed by atoms with Crippen LogP contribution in [0.15, 0.2) is 11.6 Å². The van der Waals surface area contributed by atoms with Crippen LogP contribution in [-0.4, -0.2) is 0 Å². The van der Waals surface area contributed by atoms with Gasteiger partial charge in [0.1, 0.15) is 0 Å². The maximum Gasteiger partial charge on any atom is 0 e. The molecule has 1 aliphatic carbocycles. The molecule has 67 valence electrons. The van der Waals surface area contributed by atoms with Gasteiger partial charge in [0.05, 0.1) is 0 Å². The van der Waals surface area contributed by atoms with Crippen LogP contribution in [0.5, 0.6) is 0 Å². The van der Waals surface area contributed by atoms with E-state index in [0.717, 1.165) is 6.42 Å². The summed E-state index contributed by atoms with van der Waals surface area (Å²) in [6.07, 6.45) is 13.4. The van der Waals surface area contributed by atoms with Gasteiger partial charge in [-0.3, -0.25) is 0 Å². The number of allylic oxidation sites excluding steroid dienone is 4. The summed E-state index contributed by atoms with van der Waals surface area (Å²) in [4.78, 5) is 0. The van der Waals surface area contributed by atoms with Crippen molar-refractivity contribution in [2.24, 2.45) is 0 Å². The van der Waals surface area contributed by atoms with Crippen molar-refractivity contribution in [2.75, 3.05) is 0 Å². The maximum absolute atomic E-state index is 3.32. The van der Waals surface area contributed by atoms with E-state index in [1.807, 2.05) is 26.8 Å². The van der Waals surface area contributed by atoms with Crippen LogP contribution in [0.3, 0.4) is 0 Å². The van der Waals surface area contributed by atoms with Crippen LogP contribution in [0.25, 0.3) is 0 Å². The van der Waals surface area contributed by atoms with E-state index in [2.05, 4.69) is 12.2 Å². The Bertz CT molecular complexity index is 134. The van der Waals surface area contributed by atoms with Crippen LogP contribution in [0.1, 0.15) is 46.5 Å². The van der Waals surface area contributed by atoms with E-state index in [-0.39, 0.29) is 32.7 Å². The van der Waals surface area contributed by atoms with Crippen molar-refractivity contribution < 1.29 is 32.7 Å². The molecule has 0 fully saturated rings. The van der Waals surface area contributed by atoms with Gasteiger partial charge in [-0.25, -0.2) is 0 Å². The van der Waals surface area contributed by atoms with Gasteiger partial charge in [0.2, 0.25) is 0 Å². The fourth-order valence-electron chi connectivity index (χ4n) is 1.08. The van der Waals surface area contributed by atoms with Gasteiger partial charge < -0.3 is 23.8 Å². The third-order valence-corrected chi connectivity index (χ3v) is 1.54. The molecule has 0 nitrogen and oxygen atoms in total. The number of hydrogen-bond donors (Lipinski definition) is 0. The predicted molar refractivity (Wildman–Crippen MR) is 50.1 cm³/mol. The number of hydrogen-bond acceptors (Lipinski definition) is 0. The van der Waals surface area contributed by atoms with Gasteiger partial charge in [0, 0.05) is 32.7 Å². The standard InChI is InChI=1S/C9H12.C2H6.Y/c1-2-6-9-7-4-3-5-8-9;1-2;/h6H,3-5,7H2,1H3;1-2H3;/q-2;;. The van der Waals surface area contributed by atoms with Gasteiger partial charge in [0.15, 0.2) is 0 Å². The monoisotopic (exact) mass is 239 g/mol. The van der Waals surface area contributed by atoms with Gasteiger partial charge in [-0.2, -0.15) is 0 Å². The first-order valence-corrected chi connectivity index (χ1v) is 4.53. The molecule has 0 aliphatic heterocycles. The normalized spacial score (nSPS) is 15.8. The summed E-state index contributed by atoms with van der Waals surface area (Å²) >= 11 is 0. The zero-order chi connectivity index (χ0) is 8.53. The molecule has 0 aromatic carbocycles. The molecule has 1 heteroatoms. The van der Waals surface area contributed by atoms with Crippen molar-refractivity contribution in [2.45, 2.75) is 46.5 Å². The molecule has 0 atom stereocenters. The summed E-state index contributed by atoms with van der Waals surface area (Å²) in [5.74, 6) is 0. The van der Waals surface area contributed by atoms with Crippen LogP contribution in [-0.2, 0) is 32.7 Å². The molecule has 0 aromatic heterocycles. The molecule has 0 N–H and O–H groups in total. The molecule has 0 amide bonds. The average Bonchev–Trinajstić information content (AvgIpc) is 2.11. The number of rotatable bonds is 1. The molecule has 1 radical (unpaired) electrons. The smallest absolute Gasteiger partial charge is 0 e. The largest absolute Gasteiger partial charge is 0.388 e.